The lowest BCUT2D eigenvalue weighted by molar-refractivity contribution is -0.378. The van der Waals surface area contributed by atoms with Crippen molar-refractivity contribution in [2.24, 2.45) is 0 Å². The van der Waals surface area contributed by atoms with Gasteiger partial charge in [-0.25, -0.2) is 10.1 Å². The van der Waals surface area contributed by atoms with Crippen LogP contribution >= 0.6 is 0 Å². The second kappa shape index (κ2) is 2.84. The molecule has 0 amide bonds. The van der Waals surface area contributed by atoms with Crippen LogP contribution in [-0.2, 0) is 0 Å². The van der Waals surface area contributed by atoms with Gasteiger partial charge in [0.1, 0.15) is 4.92 Å². The maximum absolute atomic E-state index is 8.94. The minimum Gasteiger partial charge on any atom is -0.249 e. The molecule has 2 rings (SSSR count). The Bertz CT molecular complexity index is 308. The van der Waals surface area contributed by atoms with Gasteiger partial charge in [-0.05, 0) is 23.6 Å². The second-order valence-electron chi connectivity index (χ2n) is 1.97. The van der Waals surface area contributed by atoms with Crippen LogP contribution in [0.25, 0.3) is 11.1 Å². The average Bonchev–Trinajstić information content (AvgIpc) is 2.61. The van der Waals surface area contributed by atoms with Crippen LogP contribution in [-0.4, -0.2) is 4.92 Å². The van der Waals surface area contributed by atoms with Gasteiger partial charge in [0.25, 0.3) is 6.04 Å². The molecule has 0 aromatic rings. The van der Waals surface area contributed by atoms with Crippen LogP contribution in [0.3, 0.4) is 0 Å². The van der Waals surface area contributed by atoms with E-state index >= 15 is 0 Å². The third-order valence-corrected chi connectivity index (χ3v) is 1.22. The highest BCUT2D eigenvalue weighted by Gasteiger charge is 2.06. The van der Waals surface area contributed by atoms with E-state index in [4.69, 9.17) is 10.1 Å². The molecule has 0 fully saturated rings. The number of nitrogens with zero attached hydrogens (tertiary/aromatic N) is 1. The lowest BCUT2D eigenvalue weighted by atomic mass is 10.6. The molecule has 0 spiro atoms. The van der Waals surface area contributed by atoms with E-state index in [2.05, 4.69) is 30.7 Å². The Morgan fingerprint density at radius 2 is 1.91 bits per heavy atom. The Balaban J connectivity index is 0.000000114. The van der Waals surface area contributed by atoms with Crippen molar-refractivity contribution in [2.75, 3.05) is 0 Å². The smallest absolute Gasteiger partial charge is 0.249 e. The fourth-order valence-corrected chi connectivity index (χ4v) is 0.676. The minimum absolute atomic E-state index is 0.847. The maximum Gasteiger partial charge on any atom is 0.286 e. The minimum atomic E-state index is -0.847. The van der Waals surface area contributed by atoms with Gasteiger partial charge in [0, 0.05) is 0 Å². The van der Waals surface area contributed by atoms with Crippen molar-refractivity contribution in [3.63, 3.8) is 0 Å². The summed E-state index contributed by atoms with van der Waals surface area (Å²) < 4.78 is 0. The third-order valence-electron chi connectivity index (χ3n) is 1.22. The topological polar surface area (TPSA) is 43.1 Å². The zero-order valence-electron chi connectivity index (χ0n) is 5.65. The van der Waals surface area contributed by atoms with Gasteiger partial charge in [0.05, 0.1) is 0 Å². The summed E-state index contributed by atoms with van der Waals surface area (Å²) in [7, 11) is 0. The number of nitro groups is 1. The molecule has 11 heavy (non-hydrogen) atoms. The van der Waals surface area contributed by atoms with Crippen molar-refractivity contribution in [3.8, 4) is 23.6 Å². The molecule has 0 saturated heterocycles. The molecule has 0 N–H and O–H groups in total. The molecular weight excluding hydrogens is 142 g/mol. The molecule has 54 valence electrons. The first-order chi connectivity index (χ1) is 5.24. The monoisotopic (exact) mass is 147 g/mol. The Morgan fingerprint density at radius 1 is 1.45 bits per heavy atom. The normalized spacial score (nSPS) is 8.64. The fourth-order valence-electron chi connectivity index (χ4n) is 0.676. The van der Waals surface area contributed by atoms with Gasteiger partial charge in [-0.2, -0.15) is 0 Å². The van der Waals surface area contributed by atoms with E-state index in [9.17, 15) is 0 Å². The number of hydrogen-bond donors (Lipinski definition) is 0. The number of hydrogen-bond acceptors (Lipinski definition) is 2. The molecule has 0 bridgehead atoms. The average molecular weight is 147 g/mol. The van der Waals surface area contributed by atoms with Crippen LogP contribution in [0, 0.1) is 22.6 Å². The van der Waals surface area contributed by atoms with Crippen molar-refractivity contribution >= 4 is 0 Å². The summed E-state index contributed by atoms with van der Waals surface area (Å²) in [6.07, 6.45) is 4.22. The first-order valence-electron chi connectivity index (χ1n) is 2.95. The molecule has 0 heterocycles. The fraction of sp³-hybridized carbons (Fsp3) is 0. The Morgan fingerprint density at radius 3 is 2.00 bits per heavy atom. The highest BCUT2D eigenvalue weighted by atomic mass is 16.6. The quantitative estimate of drug-likeness (QED) is 0.245. The summed E-state index contributed by atoms with van der Waals surface area (Å²) in [4.78, 5) is 8.09. The molecule has 0 saturated carbocycles. The van der Waals surface area contributed by atoms with Gasteiger partial charge >= 0.3 is 0 Å². The van der Waals surface area contributed by atoms with Crippen LogP contribution in [0.15, 0.2) is 24.3 Å². The summed E-state index contributed by atoms with van der Waals surface area (Å²) in [6, 6.07) is 9.73. The van der Waals surface area contributed by atoms with Crippen molar-refractivity contribution in [1.82, 2.24) is 0 Å². The summed E-state index contributed by atoms with van der Waals surface area (Å²) in [5.74, 6) is 0. The lowest BCUT2D eigenvalue weighted by Crippen LogP contribution is -1.79. The van der Waals surface area contributed by atoms with Crippen molar-refractivity contribution in [2.45, 2.75) is 0 Å². The summed E-state index contributed by atoms with van der Waals surface area (Å²) in [5, 5.41) is 8.94. The van der Waals surface area contributed by atoms with Crippen molar-refractivity contribution < 1.29 is 4.92 Å². The van der Waals surface area contributed by atoms with E-state index in [1.54, 1.807) is 0 Å². The molecule has 0 aromatic carbocycles. The first kappa shape index (κ1) is 7.29. The summed E-state index contributed by atoms with van der Waals surface area (Å²) in [6.45, 7) is 0. The molecule has 0 aromatic heterocycles. The predicted molar refractivity (Wildman–Crippen MR) is 41.3 cm³/mol. The molecule has 2 aliphatic carbocycles. The standard InChI is InChI=1S/C6H4.C2HNO2/c1-2-5-4-6(5)3-1;1-2-3(4)5/h1-4H;1H. The van der Waals surface area contributed by atoms with Crippen LogP contribution in [0.1, 0.15) is 0 Å². The Labute approximate surface area is 63.8 Å². The van der Waals surface area contributed by atoms with E-state index in [1.165, 1.54) is 17.2 Å². The number of rotatable bonds is 0. The van der Waals surface area contributed by atoms with E-state index in [0.717, 1.165) is 0 Å². The number of terminal acetylenes is 1. The van der Waals surface area contributed by atoms with E-state index in [0.29, 0.717) is 0 Å². The van der Waals surface area contributed by atoms with Crippen LogP contribution < -0.4 is 0 Å². The van der Waals surface area contributed by atoms with E-state index < -0.39 is 4.92 Å². The molecule has 2 aliphatic rings. The molecule has 3 nitrogen and oxygen atoms in total. The molecular formula is C8H5NO2. The van der Waals surface area contributed by atoms with Crippen LogP contribution in [0.4, 0.5) is 0 Å². The van der Waals surface area contributed by atoms with Crippen LogP contribution in [0.2, 0.25) is 0 Å². The van der Waals surface area contributed by atoms with Gasteiger partial charge in [0.15, 0.2) is 0 Å². The number of fused-ring (bicyclic) bond motifs is 1. The second-order valence-corrected chi connectivity index (χ2v) is 1.97. The first-order valence-corrected chi connectivity index (χ1v) is 2.95. The van der Waals surface area contributed by atoms with E-state index in [-0.39, 0.29) is 0 Å². The van der Waals surface area contributed by atoms with Gasteiger partial charge in [-0.3, -0.25) is 0 Å². The van der Waals surface area contributed by atoms with Gasteiger partial charge < -0.3 is 0 Å². The van der Waals surface area contributed by atoms with Crippen LogP contribution in [0.5, 0.6) is 0 Å². The summed E-state index contributed by atoms with van der Waals surface area (Å²) in [5.41, 5.74) is 2.85. The Kier molecular flexibility index (Phi) is 1.88. The third kappa shape index (κ3) is 2.11. The van der Waals surface area contributed by atoms with Crippen molar-refractivity contribution in [1.29, 1.82) is 0 Å². The largest absolute Gasteiger partial charge is 0.286 e. The van der Waals surface area contributed by atoms with Gasteiger partial charge in [0.2, 0.25) is 0 Å². The highest BCUT2D eigenvalue weighted by molar-refractivity contribution is 5.80. The zero-order chi connectivity index (χ0) is 8.27. The molecule has 0 unspecified atom stereocenters. The lowest BCUT2D eigenvalue weighted by Gasteiger charge is -1.59. The highest BCUT2D eigenvalue weighted by Crippen LogP contribution is 2.32. The van der Waals surface area contributed by atoms with Crippen molar-refractivity contribution in [3.05, 3.63) is 34.4 Å². The summed E-state index contributed by atoms with van der Waals surface area (Å²) >= 11 is 0. The van der Waals surface area contributed by atoms with E-state index in [1.807, 2.05) is 0 Å². The zero-order valence-corrected chi connectivity index (χ0v) is 5.65. The Hall–Kier alpha value is -1.82. The molecule has 3 heteroatoms. The predicted octanol–water partition coefficient (Wildman–Crippen LogP) is 1.52. The maximum atomic E-state index is 8.94. The van der Waals surface area contributed by atoms with Gasteiger partial charge in [-0.15, -0.1) is 0 Å². The van der Waals surface area contributed by atoms with Gasteiger partial charge in [-0.1, -0.05) is 18.2 Å². The molecule has 0 radical (unpaired) electrons. The number of benzene rings is 1. The molecule has 0 atom stereocenters. The SMILES string of the molecule is C#C[N+](=O)[O-].c1cc2cc-2c1. The molecule has 0 aliphatic heterocycles.